The van der Waals surface area contributed by atoms with Crippen molar-refractivity contribution in [3.63, 3.8) is 0 Å². The molecule has 0 unspecified atom stereocenters. The Balaban J connectivity index is 1.11. The fraction of sp³-hybridized carbons (Fsp3) is 0.600. The lowest BCUT2D eigenvalue weighted by molar-refractivity contribution is -0.140. The van der Waals surface area contributed by atoms with Crippen molar-refractivity contribution < 1.29 is 28.7 Å². The third-order valence-corrected chi connectivity index (χ3v) is 7.68. The van der Waals surface area contributed by atoms with Gasteiger partial charge in [-0.05, 0) is 75.7 Å². The number of hydrogen-bond acceptors (Lipinski definition) is 7. The Morgan fingerprint density at radius 2 is 1.74 bits per heavy atom. The maximum atomic E-state index is 13.0. The number of Topliss-reactive ketones (excluding diaryl/α,β-unsaturated/α-hetero) is 1. The lowest BCUT2D eigenvalue weighted by Gasteiger charge is -2.33. The van der Waals surface area contributed by atoms with Crippen LogP contribution in [-0.4, -0.2) is 71.9 Å². The first-order valence-corrected chi connectivity index (χ1v) is 12.5. The van der Waals surface area contributed by atoms with E-state index in [1.54, 1.807) is 18.2 Å². The number of benzene rings is 1. The normalized spacial score (nSPS) is 27.1. The smallest absolute Gasteiger partial charge is 0.344 e. The number of likely N-dealkylation sites (tertiary alicyclic amines) is 1. The number of piperidine rings is 1. The zero-order valence-electron chi connectivity index (χ0n) is 20.0. The second-order valence-corrected chi connectivity index (χ2v) is 10.1. The quantitative estimate of drug-likeness (QED) is 0.484. The van der Waals surface area contributed by atoms with Gasteiger partial charge in [0.15, 0.2) is 17.3 Å². The summed E-state index contributed by atoms with van der Waals surface area (Å²) in [5, 5.41) is 3.65. The van der Waals surface area contributed by atoms with E-state index in [0.717, 1.165) is 17.9 Å². The topological polar surface area (TPSA) is 117 Å². The molecule has 10 nitrogen and oxygen atoms in total. The van der Waals surface area contributed by atoms with Crippen molar-refractivity contribution in [2.24, 2.45) is 11.8 Å². The number of imide groups is 1. The molecule has 35 heavy (non-hydrogen) atoms. The van der Waals surface area contributed by atoms with Gasteiger partial charge in [-0.3, -0.25) is 24.7 Å². The second-order valence-electron chi connectivity index (χ2n) is 10.1. The number of ketones is 1. The van der Waals surface area contributed by atoms with Crippen LogP contribution in [0.25, 0.3) is 0 Å². The first-order chi connectivity index (χ1) is 16.8. The Labute approximate surface area is 204 Å². The van der Waals surface area contributed by atoms with Crippen molar-refractivity contribution in [3.05, 3.63) is 23.8 Å². The number of carbonyl (C=O) groups excluding carboxylic acids is 4. The van der Waals surface area contributed by atoms with E-state index in [0.29, 0.717) is 75.0 Å². The molecule has 5 rings (SSSR count). The number of hydrogen-bond donors (Lipinski definition) is 2. The Bertz CT molecular complexity index is 1030. The molecule has 188 valence electrons. The molecule has 0 aromatic heterocycles. The van der Waals surface area contributed by atoms with E-state index < -0.39 is 17.5 Å². The number of nitrogens with one attached hydrogen (secondary N) is 2. The summed E-state index contributed by atoms with van der Waals surface area (Å²) in [6.45, 7) is 4.33. The Hall–Kier alpha value is -3.14. The molecular weight excluding hydrogens is 452 g/mol. The first-order valence-electron chi connectivity index (χ1n) is 12.5. The molecule has 3 aliphatic heterocycles. The van der Waals surface area contributed by atoms with Crippen LogP contribution in [0.2, 0.25) is 0 Å². The molecule has 2 saturated heterocycles. The monoisotopic (exact) mass is 484 g/mol. The van der Waals surface area contributed by atoms with Crippen LogP contribution in [0.5, 0.6) is 11.5 Å². The van der Waals surface area contributed by atoms with Gasteiger partial charge in [-0.25, -0.2) is 4.79 Å². The summed E-state index contributed by atoms with van der Waals surface area (Å²) in [7, 11) is 0. The van der Waals surface area contributed by atoms with Crippen LogP contribution in [0, 0.1) is 11.8 Å². The summed E-state index contributed by atoms with van der Waals surface area (Å²) in [5.41, 5.74) is 2.22. The molecule has 3 fully saturated rings. The summed E-state index contributed by atoms with van der Waals surface area (Å²) in [6, 6.07) is 4.72. The van der Waals surface area contributed by atoms with Crippen LogP contribution in [0.3, 0.4) is 0 Å². The molecule has 2 N–H and O–H groups in total. The third-order valence-electron chi connectivity index (χ3n) is 7.68. The van der Waals surface area contributed by atoms with E-state index in [1.165, 1.54) is 0 Å². The van der Waals surface area contributed by atoms with Crippen LogP contribution in [0.15, 0.2) is 18.2 Å². The minimum absolute atomic E-state index is 0.0615. The molecule has 1 spiro atoms. The Kier molecular flexibility index (Phi) is 6.39. The second kappa shape index (κ2) is 9.49. The van der Waals surface area contributed by atoms with Crippen LogP contribution in [0.1, 0.15) is 55.8 Å². The van der Waals surface area contributed by atoms with E-state index in [-0.39, 0.29) is 24.2 Å². The fourth-order valence-electron chi connectivity index (χ4n) is 5.46. The van der Waals surface area contributed by atoms with Crippen molar-refractivity contribution in [3.8, 4) is 11.5 Å². The van der Waals surface area contributed by atoms with Crippen LogP contribution >= 0.6 is 0 Å². The first kappa shape index (κ1) is 23.6. The van der Waals surface area contributed by atoms with Gasteiger partial charge in [-0.15, -0.1) is 0 Å². The SMILES string of the molecule is CC1CCC2(CC1)NC(=O)N(NC(=O)CN1CCC(C(=O)c3ccc4c(c3)OCCO4)CC1)C2=O. The zero-order chi connectivity index (χ0) is 24.6. The molecule has 3 heterocycles. The van der Waals surface area contributed by atoms with Crippen molar-refractivity contribution in [2.75, 3.05) is 32.8 Å². The van der Waals surface area contributed by atoms with Gasteiger partial charge in [0, 0.05) is 11.5 Å². The van der Waals surface area contributed by atoms with Crippen molar-refractivity contribution in [1.29, 1.82) is 0 Å². The predicted molar refractivity (Wildman–Crippen MR) is 125 cm³/mol. The van der Waals surface area contributed by atoms with Gasteiger partial charge in [0.05, 0.1) is 6.54 Å². The number of nitrogens with zero attached hydrogens (tertiary/aromatic N) is 2. The van der Waals surface area contributed by atoms with Gasteiger partial charge in [0.1, 0.15) is 18.8 Å². The molecular formula is C25H32N4O6. The lowest BCUT2D eigenvalue weighted by atomic mass is 9.77. The number of fused-ring (bicyclic) bond motifs is 1. The summed E-state index contributed by atoms with van der Waals surface area (Å²) < 4.78 is 11.1. The number of amides is 4. The highest BCUT2D eigenvalue weighted by Crippen LogP contribution is 2.36. The van der Waals surface area contributed by atoms with Gasteiger partial charge in [0.2, 0.25) is 0 Å². The minimum Gasteiger partial charge on any atom is -0.486 e. The molecule has 0 bridgehead atoms. The lowest BCUT2D eigenvalue weighted by Crippen LogP contribution is -2.53. The van der Waals surface area contributed by atoms with E-state index in [4.69, 9.17) is 9.47 Å². The highest BCUT2D eigenvalue weighted by molar-refractivity contribution is 6.08. The van der Waals surface area contributed by atoms with Crippen molar-refractivity contribution >= 4 is 23.6 Å². The maximum Gasteiger partial charge on any atom is 0.344 e. The Morgan fingerprint density at radius 3 is 2.46 bits per heavy atom. The van der Waals surface area contributed by atoms with E-state index in [9.17, 15) is 19.2 Å². The van der Waals surface area contributed by atoms with Crippen LogP contribution < -0.4 is 20.2 Å². The van der Waals surface area contributed by atoms with E-state index in [1.807, 2.05) is 4.90 Å². The minimum atomic E-state index is -0.885. The summed E-state index contributed by atoms with van der Waals surface area (Å²) in [4.78, 5) is 52.9. The summed E-state index contributed by atoms with van der Waals surface area (Å²) in [6.07, 6.45) is 4.18. The van der Waals surface area contributed by atoms with Gasteiger partial charge >= 0.3 is 6.03 Å². The van der Waals surface area contributed by atoms with Crippen molar-refractivity contribution in [1.82, 2.24) is 20.7 Å². The third kappa shape index (κ3) is 4.71. The highest BCUT2D eigenvalue weighted by Gasteiger charge is 2.53. The molecule has 4 amide bonds. The van der Waals surface area contributed by atoms with Crippen LogP contribution in [0.4, 0.5) is 4.79 Å². The van der Waals surface area contributed by atoms with Gasteiger partial charge in [-0.1, -0.05) is 6.92 Å². The summed E-state index contributed by atoms with van der Waals surface area (Å²) in [5.74, 6) is 0.939. The van der Waals surface area contributed by atoms with Gasteiger partial charge in [0.25, 0.3) is 11.8 Å². The number of rotatable bonds is 5. The zero-order valence-corrected chi connectivity index (χ0v) is 20.0. The standard InChI is InChI=1S/C25H32N4O6/c1-16-4-8-25(9-5-16)23(32)29(24(33)26-25)27-21(30)15-28-10-6-17(7-11-28)22(31)18-2-3-19-20(14-18)35-13-12-34-19/h2-3,14,16-17H,4-13,15H2,1H3,(H,26,33)(H,27,30). The Morgan fingerprint density at radius 1 is 1.06 bits per heavy atom. The molecule has 1 saturated carbocycles. The van der Waals surface area contributed by atoms with E-state index in [2.05, 4.69) is 17.7 Å². The number of urea groups is 1. The largest absolute Gasteiger partial charge is 0.486 e. The molecule has 0 atom stereocenters. The molecule has 1 aliphatic carbocycles. The maximum absolute atomic E-state index is 13.0. The number of carbonyl (C=O) groups is 4. The fourth-order valence-corrected chi connectivity index (χ4v) is 5.46. The molecule has 1 aromatic rings. The molecule has 0 radical (unpaired) electrons. The van der Waals surface area contributed by atoms with Gasteiger partial charge < -0.3 is 14.8 Å². The molecule has 4 aliphatic rings. The van der Waals surface area contributed by atoms with E-state index >= 15 is 0 Å². The average Bonchev–Trinajstić information content (AvgIpc) is 3.09. The number of ether oxygens (including phenoxy) is 2. The van der Waals surface area contributed by atoms with Gasteiger partial charge in [-0.2, -0.15) is 5.01 Å². The average molecular weight is 485 g/mol. The van der Waals surface area contributed by atoms with Crippen LogP contribution in [-0.2, 0) is 9.59 Å². The number of hydrazine groups is 1. The highest BCUT2D eigenvalue weighted by atomic mass is 16.6. The molecule has 10 heteroatoms. The molecule has 1 aromatic carbocycles. The van der Waals surface area contributed by atoms with Crippen molar-refractivity contribution in [2.45, 2.75) is 51.0 Å². The predicted octanol–water partition coefficient (Wildman–Crippen LogP) is 1.88. The summed E-state index contributed by atoms with van der Waals surface area (Å²) >= 11 is 0.